The summed E-state index contributed by atoms with van der Waals surface area (Å²) in [5, 5.41) is 0. The zero-order valence-corrected chi connectivity index (χ0v) is 43.0. The van der Waals surface area contributed by atoms with Crippen molar-refractivity contribution in [2.24, 2.45) is 38.4 Å². The van der Waals surface area contributed by atoms with Gasteiger partial charge >= 0.3 is 17.1 Å². The molecule has 0 spiro atoms. The molecule has 17 nitrogen and oxygen atoms in total. The van der Waals surface area contributed by atoms with Crippen LogP contribution >= 0.6 is 21.6 Å². The molecule has 0 saturated carbocycles. The minimum Gasteiger partial charge on any atom is -0.298 e. The molecule has 3 heterocycles. The van der Waals surface area contributed by atoms with Gasteiger partial charge in [-0.15, -0.1) is 0 Å². The van der Waals surface area contributed by atoms with Gasteiger partial charge in [-0.25, -0.2) is 43.0 Å². The first-order chi connectivity index (χ1) is 28.1. The van der Waals surface area contributed by atoms with Gasteiger partial charge in [0.05, 0.1) is 11.8 Å². The maximum atomic E-state index is 11.2. The molecule has 2 atom stereocenters. The quantitative estimate of drug-likeness (QED) is 0.145. The van der Waals surface area contributed by atoms with Crippen molar-refractivity contribution in [3.05, 3.63) is 82.3 Å². The molecule has 1 aromatic carbocycles. The second-order valence-corrected chi connectivity index (χ2v) is 18.7. The van der Waals surface area contributed by atoms with E-state index in [0.717, 1.165) is 36.1 Å². The normalized spacial score (nSPS) is 13.9. The van der Waals surface area contributed by atoms with E-state index in [4.69, 9.17) is 0 Å². The number of hydrogen-bond donors (Lipinski definition) is 2. The Morgan fingerprint density at radius 3 is 0.855 bits per heavy atom. The van der Waals surface area contributed by atoms with E-state index in [9.17, 15) is 38.4 Å². The van der Waals surface area contributed by atoms with Crippen LogP contribution in [0.2, 0.25) is 0 Å². The standard InChI is InChI=1S/C12H18.C8H11NO3.C6H9N3O3.C6H9N3.C5H12.C4H8N2O2.C2H6S2/c1-7-8(2)10(4)12(6)11(5)9(7)3;1-4-6(10)5(2)8(12)9(3)7(4)11;1-7-4(10)8(2)6(12)9(3)5(7)11;1-4-7-5(2)9-6(3)8-4;1-5(2,3)4;1-3(7)5-6-4(2)8;1-3-4-2/h1-6H3;4-5H,1-3H3;1-3H3;1-3H3;1-4H3;1-2H3,(H,5,7)(H,6,8);1-2H3. The summed E-state index contributed by atoms with van der Waals surface area (Å²) in [6.07, 6.45) is 4.12. The number of nitrogens with zero attached hydrogens (tertiary/aromatic N) is 7. The number of amides is 4. The summed E-state index contributed by atoms with van der Waals surface area (Å²) in [7, 11) is 8.92. The van der Waals surface area contributed by atoms with Crippen molar-refractivity contribution in [3.8, 4) is 0 Å². The summed E-state index contributed by atoms with van der Waals surface area (Å²) in [5.41, 5.74) is 11.6. The molecule has 0 radical (unpaired) electrons. The van der Waals surface area contributed by atoms with E-state index in [-0.39, 0.29) is 17.6 Å². The predicted octanol–water partition coefficient (Wildman–Crippen LogP) is 4.80. The van der Waals surface area contributed by atoms with E-state index >= 15 is 0 Å². The van der Waals surface area contributed by atoms with Crippen LogP contribution in [0, 0.1) is 79.6 Å². The molecule has 0 bridgehead atoms. The number of ketones is 1. The highest BCUT2D eigenvalue weighted by atomic mass is 33.1. The fraction of sp³-hybridized carbons (Fsp3) is 0.605. The molecule has 1 saturated heterocycles. The van der Waals surface area contributed by atoms with Crippen LogP contribution in [0.5, 0.6) is 0 Å². The Morgan fingerprint density at radius 2 is 0.694 bits per heavy atom. The van der Waals surface area contributed by atoms with Gasteiger partial charge in [0.1, 0.15) is 17.5 Å². The zero-order valence-electron chi connectivity index (χ0n) is 41.4. The predicted molar refractivity (Wildman–Crippen MR) is 252 cm³/mol. The molecular formula is C43H73N9O8S2. The van der Waals surface area contributed by atoms with Crippen LogP contribution in [0.4, 0.5) is 0 Å². The molecule has 0 aliphatic carbocycles. The Hall–Kier alpha value is -4.91. The largest absolute Gasteiger partial charge is 0.335 e. The molecular weight excluding hydrogens is 835 g/mol. The maximum absolute atomic E-state index is 11.2. The number of carbonyl (C=O) groups is 5. The van der Waals surface area contributed by atoms with E-state index in [1.54, 1.807) is 21.6 Å². The molecule has 2 aromatic heterocycles. The number of aryl methyl sites for hydroxylation is 3. The van der Waals surface area contributed by atoms with Crippen LogP contribution in [-0.4, -0.2) is 82.5 Å². The van der Waals surface area contributed by atoms with Crippen molar-refractivity contribution in [1.29, 1.82) is 0 Å². The number of likely N-dealkylation sites (tertiary alicyclic amines) is 1. The highest BCUT2D eigenvalue weighted by Gasteiger charge is 2.40. The maximum Gasteiger partial charge on any atom is 0.335 e. The Labute approximate surface area is 376 Å². The number of benzene rings is 1. The Bertz CT molecular complexity index is 1850. The van der Waals surface area contributed by atoms with Crippen molar-refractivity contribution >= 4 is 51.0 Å². The SMILES string of the molecule is CC(=O)NNC(C)=O.CC(C)(C)C.CC1C(=O)C(C)C(=O)N(C)C1=O.CSSC.Cc1c(C)c(C)c(C)c(C)c1C.Cc1nc(C)nc(C)n1.Cn1c(=O)n(C)c(=O)n(C)c1=O. The number of piperidine rings is 1. The molecule has 4 amide bonds. The van der Waals surface area contributed by atoms with Gasteiger partial charge in [-0.05, 0) is 127 Å². The molecule has 2 unspecified atom stereocenters. The smallest absolute Gasteiger partial charge is 0.298 e. The molecule has 62 heavy (non-hydrogen) atoms. The summed E-state index contributed by atoms with van der Waals surface area (Å²) in [5.74, 6) is -0.583. The molecule has 19 heteroatoms. The number of imide groups is 1. The Morgan fingerprint density at radius 1 is 0.500 bits per heavy atom. The molecule has 2 N–H and O–H groups in total. The van der Waals surface area contributed by atoms with Crippen LogP contribution < -0.4 is 27.9 Å². The summed E-state index contributed by atoms with van der Waals surface area (Å²) < 4.78 is 2.63. The van der Waals surface area contributed by atoms with E-state index < -0.39 is 40.7 Å². The lowest BCUT2D eigenvalue weighted by atomic mass is 9.89. The monoisotopic (exact) mass is 908 g/mol. The second-order valence-electron chi connectivity index (χ2n) is 16.0. The van der Waals surface area contributed by atoms with E-state index in [2.05, 4.69) is 108 Å². The van der Waals surface area contributed by atoms with Crippen LogP contribution in [-0.2, 0) is 45.1 Å². The van der Waals surface area contributed by atoms with Gasteiger partial charge in [0, 0.05) is 42.0 Å². The number of nitrogens with one attached hydrogen (secondary N) is 2. The van der Waals surface area contributed by atoms with Crippen LogP contribution in [0.3, 0.4) is 0 Å². The van der Waals surface area contributed by atoms with E-state index in [1.165, 1.54) is 89.3 Å². The van der Waals surface area contributed by atoms with Crippen LogP contribution in [0.1, 0.15) is 106 Å². The van der Waals surface area contributed by atoms with Crippen molar-refractivity contribution in [3.63, 3.8) is 0 Å². The average Bonchev–Trinajstić information content (AvgIpc) is 3.19. The molecule has 1 fully saturated rings. The highest BCUT2D eigenvalue weighted by molar-refractivity contribution is 8.76. The first-order valence-corrected chi connectivity index (χ1v) is 22.6. The summed E-state index contributed by atoms with van der Waals surface area (Å²) in [4.78, 5) is 99.9. The van der Waals surface area contributed by atoms with E-state index in [0.29, 0.717) is 5.41 Å². The Balaban J connectivity index is -0.000000673. The first kappa shape index (κ1) is 61.4. The minimum atomic E-state index is -0.664. The molecule has 1 aliphatic heterocycles. The number of aromatic nitrogens is 6. The molecule has 350 valence electrons. The molecule has 1 aliphatic rings. The van der Waals surface area contributed by atoms with Gasteiger partial charge in [0.25, 0.3) is 0 Å². The van der Waals surface area contributed by atoms with Crippen LogP contribution in [0.25, 0.3) is 0 Å². The fourth-order valence-corrected chi connectivity index (χ4v) is 4.87. The average molecular weight is 908 g/mol. The number of hydrazine groups is 1. The van der Waals surface area contributed by atoms with E-state index in [1.807, 2.05) is 20.8 Å². The van der Waals surface area contributed by atoms with Crippen LogP contribution in [0.15, 0.2) is 14.4 Å². The fourth-order valence-electron chi connectivity index (χ4n) is 4.87. The summed E-state index contributed by atoms with van der Waals surface area (Å²) >= 11 is 0. The minimum absolute atomic E-state index is 0.275. The molecule has 3 aromatic rings. The van der Waals surface area contributed by atoms with Crippen molar-refractivity contribution in [2.75, 3.05) is 19.6 Å². The molecule has 4 rings (SSSR count). The number of carbonyl (C=O) groups excluding carboxylic acids is 5. The first-order valence-electron chi connectivity index (χ1n) is 19.6. The Kier molecular flexibility index (Phi) is 28.4. The lowest BCUT2D eigenvalue weighted by molar-refractivity contribution is -0.157. The third-order valence-electron chi connectivity index (χ3n) is 8.90. The number of hydrogen-bond acceptors (Lipinski definition) is 13. The number of rotatable bonds is 1. The lowest BCUT2D eigenvalue weighted by Crippen LogP contribution is -2.51. The van der Waals surface area contributed by atoms with Gasteiger partial charge in [-0.3, -0.25) is 39.7 Å². The zero-order chi connectivity index (χ0) is 49.7. The second kappa shape index (κ2) is 28.6. The van der Waals surface area contributed by atoms with Crippen molar-refractivity contribution in [1.82, 2.24) is 44.4 Å². The van der Waals surface area contributed by atoms with Crippen molar-refractivity contribution in [2.45, 2.75) is 118 Å². The van der Waals surface area contributed by atoms with Gasteiger partial charge in [-0.1, -0.05) is 49.3 Å². The summed E-state index contributed by atoms with van der Waals surface area (Å²) in [6, 6.07) is 0. The van der Waals surface area contributed by atoms with Gasteiger partial charge < -0.3 is 0 Å². The topological polar surface area (TPSA) is 217 Å². The third-order valence-corrected chi connectivity index (χ3v) is 10.2. The summed E-state index contributed by atoms with van der Waals surface area (Å²) in [6.45, 7) is 33.3. The van der Waals surface area contributed by atoms with Gasteiger partial charge in [0.2, 0.25) is 23.6 Å². The van der Waals surface area contributed by atoms with Crippen molar-refractivity contribution < 1.29 is 24.0 Å². The lowest BCUT2D eigenvalue weighted by Gasteiger charge is -2.28. The van der Waals surface area contributed by atoms with Gasteiger partial charge in [0.15, 0.2) is 5.78 Å². The highest BCUT2D eigenvalue weighted by Crippen LogP contribution is 2.24. The van der Waals surface area contributed by atoms with Gasteiger partial charge in [-0.2, -0.15) is 0 Å². The third kappa shape index (κ3) is 22.3. The number of Topliss-reactive ketones (excluding diaryl/α,β-unsaturated/α-hetero) is 1.